The van der Waals surface area contributed by atoms with E-state index in [1.54, 1.807) is 13.0 Å². The molecule has 8 heteroatoms. The number of carbonyl (C=O) groups is 1. The van der Waals surface area contributed by atoms with Crippen LogP contribution in [0.1, 0.15) is 6.92 Å². The van der Waals surface area contributed by atoms with Gasteiger partial charge in [0.15, 0.2) is 5.76 Å². The minimum absolute atomic E-state index is 0.0391. The second-order valence-electron chi connectivity index (χ2n) is 3.32. The Kier molecular flexibility index (Phi) is 8.14. The lowest BCUT2D eigenvalue weighted by molar-refractivity contribution is 0.0960. The van der Waals surface area contributed by atoms with Crippen molar-refractivity contribution in [2.45, 2.75) is 6.92 Å². The highest BCUT2D eigenvalue weighted by Gasteiger charge is 2.19. The summed E-state index contributed by atoms with van der Waals surface area (Å²) in [6, 6.07) is 0. The third-order valence-electron chi connectivity index (χ3n) is 2.15. The first kappa shape index (κ1) is 17.7. The van der Waals surface area contributed by atoms with Crippen molar-refractivity contribution in [2.24, 2.45) is 0 Å². The first-order valence-electron chi connectivity index (χ1n) is 5.28. The summed E-state index contributed by atoms with van der Waals surface area (Å²) in [7, 11) is 2.04. The van der Waals surface area contributed by atoms with Crippen LogP contribution in [0.15, 0.2) is 23.7 Å². The summed E-state index contributed by atoms with van der Waals surface area (Å²) in [6.07, 6.45) is 1.95. The molecule has 0 saturated carbocycles. The van der Waals surface area contributed by atoms with Crippen molar-refractivity contribution in [1.82, 2.24) is 0 Å². The van der Waals surface area contributed by atoms with E-state index < -0.39 is 13.8 Å². The van der Waals surface area contributed by atoms with Gasteiger partial charge in [-0.1, -0.05) is 6.08 Å². The Morgan fingerprint density at radius 1 is 1.16 bits per heavy atom. The van der Waals surface area contributed by atoms with Crippen molar-refractivity contribution >= 4 is 13.8 Å². The number of rotatable bonds is 7. The summed E-state index contributed by atoms with van der Waals surface area (Å²) in [5, 5.41) is 0. The lowest BCUT2D eigenvalue weighted by atomic mass is 10.2. The van der Waals surface area contributed by atoms with Crippen LogP contribution in [0.3, 0.4) is 0 Å². The van der Waals surface area contributed by atoms with Crippen LogP contribution in [-0.4, -0.2) is 40.8 Å². The van der Waals surface area contributed by atoms with E-state index in [9.17, 15) is 9.36 Å². The van der Waals surface area contributed by atoms with E-state index in [0.29, 0.717) is 5.57 Å². The van der Waals surface area contributed by atoms with Gasteiger partial charge in [-0.25, -0.2) is 4.79 Å². The average Bonchev–Trinajstić information content (AvgIpc) is 2.43. The van der Waals surface area contributed by atoms with Gasteiger partial charge in [0, 0.05) is 14.2 Å². The number of methoxy groups -OCH3 is 2. The van der Waals surface area contributed by atoms with Crippen molar-refractivity contribution in [3.63, 3.8) is 0 Å². The number of hydrogen-bond acceptors (Lipinski definition) is 7. The van der Waals surface area contributed by atoms with Crippen LogP contribution in [0.5, 0.6) is 0 Å². The van der Waals surface area contributed by atoms with E-state index in [4.69, 9.17) is 18.5 Å². The normalized spacial score (nSPS) is 13.1. The molecule has 0 amide bonds. The largest absolute Gasteiger partial charge is 0.513 e. The minimum atomic E-state index is -3.15. The highest BCUT2D eigenvalue weighted by atomic mass is 31.2. The maximum atomic E-state index is 11.8. The first-order valence-corrected chi connectivity index (χ1v) is 7.01. The molecular formula is C11H19O7P. The van der Waals surface area contributed by atoms with Gasteiger partial charge in [-0.3, -0.25) is 4.57 Å². The van der Waals surface area contributed by atoms with Gasteiger partial charge in [0.25, 0.3) is 0 Å². The molecule has 0 aromatic rings. The molecule has 0 N–H and O–H groups in total. The van der Waals surface area contributed by atoms with E-state index in [-0.39, 0.29) is 11.9 Å². The molecule has 0 atom stereocenters. The fourth-order valence-corrected chi connectivity index (χ4v) is 1.95. The van der Waals surface area contributed by atoms with Gasteiger partial charge in [0.05, 0.1) is 20.4 Å². The zero-order valence-electron chi connectivity index (χ0n) is 11.7. The van der Waals surface area contributed by atoms with Crippen LogP contribution in [0, 0.1) is 0 Å². The molecular weight excluding hydrogens is 275 g/mol. The number of ether oxygens (including phenoxy) is 3. The molecule has 0 heterocycles. The van der Waals surface area contributed by atoms with Gasteiger partial charge in [0.2, 0.25) is 0 Å². The predicted molar refractivity (Wildman–Crippen MR) is 68.8 cm³/mol. The van der Waals surface area contributed by atoms with E-state index in [2.05, 4.69) is 4.74 Å². The summed E-state index contributed by atoms with van der Waals surface area (Å²) < 4.78 is 35.4. The molecule has 0 radical (unpaired) electrons. The molecule has 19 heavy (non-hydrogen) atoms. The highest BCUT2D eigenvalue weighted by Crippen LogP contribution is 2.46. The van der Waals surface area contributed by atoms with Gasteiger partial charge in [-0.15, -0.1) is 0 Å². The van der Waals surface area contributed by atoms with E-state index in [0.717, 1.165) is 0 Å². The SMILES string of the molecule is COC=C(OC(=O)OC)C(C)=CCP(=O)(OC)OC. The zero-order valence-corrected chi connectivity index (χ0v) is 12.6. The highest BCUT2D eigenvalue weighted by molar-refractivity contribution is 7.54. The van der Waals surface area contributed by atoms with Crippen molar-refractivity contribution in [3.8, 4) is 0 Å². The van der Waals surface area contributed by atoms with Crippen LogP contribution in [0.4, 0.5) is 4.79 Å². The minimum Gasteiger partial charge on any atom is -0.500 e. The quantitative estimate of drug-likeness (QED) is 0.309. The van der Waals surface area contributed by atoms with Gasteiger partial charge < -0.3 is 23.3 Å². The van der Waals surface area contributed by atoms with E-state index in [1.807, 2.05) is 0 Å². The standard InChI is InChI=1S/C11H19O7P/c1-9(6-7-19(13,16-4)17-5)10(8-14-2)18-11(12)15-3/h6,8H,7H2,1-5H3. The molecule has 0 aromatic carbocycles. The monoisotopic (exact) mass is 294 g/mol. The van der Waals surface area contributed by atoms with Gasteiger partial charge >= 0.3 is 13.8 Å². The van der Waals surface area contributed by atoms with Crippen LogP contribution in [-0.2, 0) is 27.8 Å². The summed E-state index contributed by atoms with van der Waals surface area (Å²) in [6.45, 7) is 1.66. The third kappa shape index (κ3) is 6.42. The second-order valence-corrected chi connectivity index (χ2v) is 5.64. The van der Waals surface area contributed by atoms with Crippen LogP contribution < -0.4 is 0 Å². The fourth-order valence-electron chi connectivity index (χ4n) is 1.01. The molecule has 0 aromatic heterocycles. The van der Waals surface area contributed by atoms with Gasteiger partial charge in [-0.05, 0) is 12.5 Å². The molecule has 0 aliphatic carbocycles. The molecule has 0 rings (SSSR count). The van der Waals surface area contributed by atoms with Crippen molar-refractivity contribution in [2.75, 3.05) is 34.6 Å². The maximum Gasteiger partial charge on any atom is 0.513 e. The number of carbonyl (C=O) groups excluding carboxylic acids is 1. The Bertz CT molecular complexity index is 392. The Labute approximate surface area is 112 Å². The smallest absolute Gasteiger partial charge is 0.500 e. The maximum absolute atomic E-state index is 11.8. The molecule has 0 saturated heterocycles. The summed E-state index contributed by atoms with van der Waals surface area (Å²) in [5.41, 5.74) is 0.529. The lowest BCUT2D eigenvalue weighted by Gasteiger charge is -2.12. The molecule has 0 unspecified atom stereocenters. The van der Waals surface area contributed by atoms with Crippen LogP contribution in [0.25, 0.3) is 0 Å². The number of hydrogen-bond donors (Lipinski definition) is 0. The molecule has 0 aliphatic heterocycles. The van der Waals surface area contributed by atoms with Crippen molar-refractivity contribution in [1.29, 1.82) is 0 Å². The first-order chi connectivity index (χ1) is 8.92. The topological polar surface area (TPSA) is 80.3 Å². The van der Waals surface area contributed by atoms with Crippen LogP contribution >= 0.6 is 7.60 Å². The van der Waals surface area contributed by atoms with Crippen LogP contribution in [0.2, 0.25) is 0 Å². The molecule has 110 valence electrons. The van der Waals surface area contributed by atoms with E-state index >= 15 is 0 Å². The summed E-state index contributed by atoms with van der Waals surface area (Å²) in [4.78, 5) is 11.0. The Morgan fingerprint density at radius 3 is 2.16 bits per heavy atom. The molecule has 0 spiro atoms. The average molecular weight is 294 g/mol. The molecule has 7 nitrogen and oxygen atoms in total. The van der Waals surface area contributed by atoms with Crippen molar-refractivity contribution in [3.05, 3.63) is 23.7 Å². The number of allylic oxidation sites excluding steroid dienone is 2. The molecule has 0 fully saturated rings. The second kappa shape index (κ2) is 8.74. The zero-order chi connectivity index (χ0) is 14.9. The Hall–Kier alpha value is -1.30. The molecule has 0 bridgehead atoms. The summed E-state index contributed by atoms with van der Waals surface area (Å²) >= 11 is 0. The predicted octanol–water partition coefficient (Wildman–Crippen LogP) is 2.69. The van der Waals surface area contributed by atoms with Gasteiger partial charge in [0.1, 0.15) is 6.26 Å². The van der Waals surface area contributed by atoms with Crippen molar-refractivity contribution < 1.29 is 32.6 Å². The van der Waals surface area contributed by atoms with Gasteiger partial charge in [-0.2, -0.15) is 0 Å². The molecule has 0 aliphatic rings. The fraction of sp³-hybridized carbons (Fsp3) is 0.545. The lowest BCUT2D eigenvalue weighted by Crippen LogP contribution is -2.06. The third-order valence-corrected chi connectivity index (χ3v) is 3.89. The van der Waals surface area contributed by atoms with E-state index in [1.165, 1.54) is 34.7 Å². The Balaban J connectivity index is 4.91. The Morgan fingerprint density at radius 2 is 1.74 bits per heavy atom. The summed E-state index contributed by atoms with van der Waals surface area (Å²) in [5.74, 6) is 0.146.